The van der Waals surface area contributed by atoms with Crippen LogP contribution in [-0.4, -0.2) is 11.1 Å². The molecule has 0 aliphatic rings. The predicted octanol–water partition coefficient (Wildman–Crippen LogP) is 3.68. The van der Waals surface area contributed by atoms with Crippen LogP contribution in [0.2, 0.25) is 0 Å². The van der Waals surface area contributed by atoms with Crippen LogP contribution in [0, 0.1) is 3.57 Å². The minimum absolute atomic E-state index is 0.331. The first-order chi connectivity index (χ1) is 7.70. The molecule has 0 aliphatic heterocycles. The summed E-state index contributed by atoms with van der Waals surface area (Å²) in [5.74, 6) is -0.879. The molecule has 1 N–H and O–H groups in total. The Labute approximate surface area is 108 Å². The molecular formula is C13H11IO2. The van der Waals surface area contributed by atoms with Crippen LogP contribution < -0.4 is 0 Å². The standard InChI is InChI=1S/C7H6O2.C6H5I/c8-7(9)6-4-2-1-3-5-6;7-6-4-2-1-3-5-6/h1-5H,(H,8,9);1-5H. The van der Waals surface area contributed by atoms with Crippen molar-refractivity contribution >= 4 is 28.6 Å². The molecule has 2 aromatic rings. The first-order valence-electron chi connectivity index (χ1n) is 4.69. The van der Waals surface area contributed by atoms with E-state index >= 15 is 0 Å². The monoisotopic (exact) mass is 326 g/mol. The van der Waals surface area contributed by atoms with Crippen molar-refractivity contribution in [3.05, 3.63) is 69.8 Å². The van der Waals surface area contributed by atoms with Crippen molar-refractivity contribution in [3.8, 4) is 0 Å². The minimum Gasteiger partial charge on any atom is -0.478 e. The van der Waals surface area contributed by atoms with Crippen molar-refractivity contribution in [2.75, 3.05) is 0 Å². The number of carboxylic acid groups (broad SMARTS) is 1. The predicted molar refractivity (Wildman–Crippen MR) is 72.6 cm³/mol. The average molecular weight is 326 g/mol. The van der Waals surface area contributed by atoms with Gasteiger partial charge in [0.2, 0.25) is 0 Å². The number of benzene rings is 2. The van der Waals surface area contributed by atoms with Crippen molar-refractivity contribution in [1.29, 1.82) is 0 Å². The minimum atomic E-state index is -0.879. The molecule has 0 saturated carbocycles. The van der Waals surface area contributed by atoms with Gasteiger partial charge in [0.1, 0.15) is 0 Å². The quantitative estimate of drug-likeness (QED) is 0.812. The maximum absolute atomic E-state index is 10.2. The number of hydrogen-bond acceptors (Lipinski definition) is 1. The van der Waals surface area contributed by atoms with E-state index in [2.05, 4.69) is 34.7 Å². The van der Waals surface area contributed by atoms with E-state index in [9.17, 15) is 4.79 Å². The lowest BCUT2D eigenvalue weighted by Crippen LogP contribution is -1.93. The molecule has 3 heteroatoms. The Kier molecular flexibility index (Phi) is 5.56. The highest BCUT2D eigenvalue weighted by Gasteiger charge is 1.96. The lowest BCUT2D eigenvalue weighted by atomic mass is 10.2. The Morgan fingerprint density at radius 3 is 1.56 bits per heavy atom. The summed E-state index contributed by atoms with van der Waals surface area (Å²) < 4.78 is 1.29. The van der Waals surface area contributed by atoms with Gasteiger partial charge in [0, 0.05) is 3.57 Å². The highest BCUT2D eigenvalue weighted by molar-refractivity contribution is 14.1. The van der Waals surface area contributed by atoms with Gasteiger partial charge in [-0.1, -0.05) is 36.4 Å². The van der Waals surface area contributed by atoms with Gasteiger partial charge in [0.25, 0.3) is 0 Å². The zero-order chi connectivity index (χ0) is 11.8. The van der Waals surface area contributed by atoms with Gasteiger partial charge in [-0.3, -0.25) is 0 Å². The number of hydrogen-bond donors (Lipinski definition) is 1. The van der Waals surface area contributed by atoms with Gasteiger partial charge in [-0.05, 0) is 46.9 Å². The van der Waals surface area contributed by atoms with Gasteiger partial charge in [-0.15, -0.1) is 0 Å². The fraction of sp³-hybridized carbons (Fsp3) is 0. The number of halogens is 1. The molecule has 2 rings (SSSR count). The molecule has 0 heterocycles. The first kappa shape index (κ1) is 12.7. The van der Waals surface area contributed by atoms with E-state index in [1.54, 1.807) is 30.3 Å². The molecule has 16 heavy (non-hydrogen) atoms. The molecular weight excluding hydrogens is 315 g/mol. The zero-order valence-electron chi connectivity index (χ0n) is 8.51. The van der Waals surface area contributed by atoms with E-state index in [1.165, 1.54) is 3.57 Å². The molecule has 0 radical (unpaired) electrons. The lowest BCUT2D eigenvalue weighted by Gasteiger charge is -1.88. The fourth-order valence-electron chi connectivity index (χ4n) is 0.995. The summed E-state index contributed by atoms with van der Waals surface area (Å²) in [6.07, 6.45) is 0. The van der Waals surface area contributed by atoms with Crippen LogP contribution in [0.5, 0.6) is 0 Å². The smallest absolute Gasteiger partial charge is 0.335 e. The van der Waals surface area contributed by atoms with Gasteiger partial charge < -0.3 is 5.11 Å². The first-order valence-corrected chi connectivity index (χ1v) is 5.77. The number of carboxylic acids is 1. The third-order valence-corrected chi connectivity index (χ3v) is 2.47. The van der Waals surface area contributed by atoms with E-state index in [0.717, 1.165) is 0 Å². The maximum atomic E-state index is 10.2. The van der Waals surface area contributed by atoms with Crippen LogP contribution in [0.25, 0.3) is 0 Å². The van der Waals surface area contributed by atoms with E-state index in [4.69, 9.17) is 5.11 Å². The Hall–Kier alpha value is -1.36. The largest absolute Gasteiger partial charge is 0.478 e. The summed E-state index contributed by atoms with van der Waals surface area (Å²) in [4.78, 5) is 10.2. The Morgan fingerprint density at radius 2 is 1.31 bits per heavy atom. The van der Waals surface area contributed by atoms with Crippen LogP contribution in [0.4, 0.5) is 0 Å². The molecule has 0 aliphatic carbocycles. The van der Waals surface area contributed by atoms with Crippen LogP contribution >= 0.6 is 22.6 Å². The summed E-state index contributed by atoms with van der Waals surface area (Å²) in [5.41, 5.74) is 0.331. The third-order valence-electron chi connectivity index (χ3n) is 1.75. The summed E-state index contributed by atoms with van der Waals surface area (Å²) in [7, 11) is 0. The Balaban J connectivity index is 0.000000165. The third kappa shape index (κ3) is 4.93. The Morgan fingerprint density at radius 1 is 0.875 bits per heavy atom. The van der Waals surface area contributed by atoms with Crippen molar-refractivity contribution in [2.24, 2.45) is 0 Å². The van der Waals surface area contributed by atoms with Crippen LogP contribution in [0.1, 0.15) is 10.4 Å². The highest BCUT2D eigenvalue weighted by Crippen LogP contribution is 2.00. The molecule has 0 amide bonds. The number of rotatable bonds is 1. The SMILES string of the molecule is Ic1ccccc1.O=C(O)c1ccccc1. The van der Waals surface area contributed by atoms with Crippen LogP contribution in [-0.2, 0) is 0 Å². The molecule has 0 spiro atoms. The topological polar surface area (TPSA) is 37.3 Å². The van der Waals surface area contributed by atoms with Gasteiger partial charge >= 0.3 is 5.97 Å². The second kappa shape index (κ2) is 7.00. The fourth-order valence-corrected chi connectivity index (χ4v) is 1.41. The molecule has 0 unspecified atom stereocenters. The molecule has 82 valence electrons. The normalized spacial score (nSPS) is 8.81. The summed E-state index contributed by atoms with van der Waals surface area (Å²) in [5, 5.41) is 8.38. The second-order valence-corrected chi connectivity index (χ2v) is 4.21. The summed E-state index contributed by atoms with van der Waals surface area (Å²) in [6, 6.07) is 18.5. The molecule has 0 aromatic heterocycles. The Bertz CT molecular complexity index is 426. The maximum Gasteiger partial charge on any atom is 0.335 e. The van der Waals surface area contributed by atoms with E-state index in [1.807, 2.05) is 18.2 Å². The van der Waals surface area contributed by atoms with Gasteiger partial charge in [-0.25, -0.2) is 4.79 Å². The highest BCUT2D eigenvalue weighted by atomic mass is 127. The van der Waals surface area contributed by atoms with Crippen molar-refractivity contribution < 1.29 is 9.90 Å². The molecule has 0 bridgehead atoms. The van der Waals surface area contributed by atoms with Crippen molar-refractivity contribution in [3.63, 3.8) is 0 Å². The van der Waals surface area contributed by atoms with E-state index in [0.29, 0.717) is 5.56 Å². The summed E-state index contributed by atoms with van der Waals surface area (Å²) >= 11 is 2.28. The molecule has 2 aromatic carbocycles. The average Bonchev–Trinajstić information content (AvgIpc) is 2.32. The summed E-state index contributed by atoms with van der Waals surface area (Å²) in [6.45, 7) is 0. The van der Waals surface area contributed by atoms with Gasteiger partial charge in [-0.2, -0.15) is 0 Å². The van der Waals surface area contributed by atoms with Gasteiger partial charge in [0.15, 0.2) is 0 Å². The number of aromatic carboxylic acids is 1. The van der Waals surface area contributed by atoms with Gasteiger partial charge in [0.05, 0.1) is 5.56 Å². The second-order valence-electron chi connectivity index (χ2n) is 2.97. The molecule has 0 fully saturated rings. The van der Waals surface area contributed by atoms with E-state index < -0.39 is 5.97 Å². The number of carbonyl (C=O) groups is 1. The molecule has 0 saturated heterocycles. The lowest BCUT2D eigenvalue weighted by molar-refractivity contribution is 0.0697. The molecule has 0 atom stereocenters. The van der Waals surface area contributed by atoms with E-state index in [-0.39, 0.29) is 0 Å². The van der Waals surface area contributed by atoms with Crippen LogP contribution in [0.15, 0.2) is 60.7 Å². The van der Waals surface area contributed by atoms with Crippen LogP contribution in [0.3, 0.4) is 0 Å². The molecule has 2 nitrogen and oxygen atoms in total. The zero-order valence-corrected chi connectivity index (χ0v) is 10.7. The van der Waals surface area contributed by atoms with Crippen molar-refractivity contribution in [2.45, 2.75) is 0 Å². The van der Waals surface area contributed by atoms with Crippen molar-refractivity contribution in [1.82, 2.24) is 0 Å².